The lowest BCUT2D eigenvalue weighted by molar-refractivity contribution is -0.302. The van der Waals surface area contributed by atoms with Gasteiger partial charge in [-0.25, -0.2) is 4.79 Å². The molecule has 3 heterocycles. The van der Waals surface area contributed by atoms with Gasteiger partial charge in [0.05, 0.1) is 11.2 Å². The highest BCUT2D eigenvalue weighted by molar-refractivity contribution is 5.95. The standard InChI is InChI=1S/C21H26O10/c1-11(22)27-10-14-17-15(29-18(14)25)8-19(4)6-7-21(26,31-19)20(5,30-13(3)24)9-16(17)28-12(2)23/h8,16,26H,6-7,9-10H2,1-5H3/b15-8+/t16-,19-,20+,21+/m0/s1. The van der Waals surface area contributed by atoms with Crippen molar-refractivity contribution < 1.29 is 48.0 Å². The van der Waals surface area contributed by atoms with E-state index in [1.54, 1.807) is 6.92 Å². The molecule has 3 rings (SSSR count). The van der Waals surface area contributed by atoms with Crippen LogP contribution in [0.2, 0.25) is 0 Å². The Kier molecular flexibility index (Phi) is 5.74. The molecule has 0 aromatic carbocycles. The van der Waals surface area contributed by atoms with Crippen LogP contribution in [0, 0.1) is 0 Å². The molecule has 0 radical (unpaired) electrons. The van der Waals surface area contributed by atoms with Gasteiger partial charge >= 0.3 is 23.9 Å². The Balaban J connectivity index is 2.21. The van der Waals surface area contributed by atoms with Gasteiger partial charge in [-0.2, -0.15) is 0 Å². The summed E-state index contributed by atoms with van der Waals surface area (Å²) < 4.78 is 27.3. The summed E-state index contributed by atoms with van der Waals surface area (Å²) in [5, 5.41) is 11.3. The summed E-state index contributed by atoms with van der Waals surface area (Å²) in [6.07, 6.45) is 0.602. The predicted octanol–water partition coefficient (Wildman–Crippen LogP) is 1.20. The van der Waals surface area contributed by atoms with Gasteiger partial charge in [0.25, 0.3) is 0 Å². The zero-order valence-corrected chi connectivity index (χ0v) is 18.1. The summed E-state index contributed by atoms with van der Waals surface area (Å²) in [7, 11) is 0. The van der Waals surface area contributed by atoms with Crippen LogP contribution in [0.3, 0.4) is 0 Å². The Morgan fingerprint density at radius 3 is 2.39 bits per heavy atom. The minimum atomic E-state index is -1.89. The molecule has 0 aromatic heterocycles. The van der Waals surface area contributed by atoms with Gasteiger partial charge in [-0.3, -0.25) is 14.4 Å². The molecule has 4 atom stereocenters. The van der Waals surface area contributed by atoms with Crippen LogP contribution in [0.25, 0.3) is 0 Å². The minimum Gasteiger partial charge on any atom is -0.461 e. The second kappa shape index (κ2) is 7.76. The van der Waals surface area contributed by atoms with Crippen LogP contribution in [-0.2, 0) is 42.9 Å². The highest BCUT2D eigenvalue weighted by Gasteiger charge is 2.61. The normalized spacial score (nSPS) is 36.3. The Labute approximate surface area is 179 Å². The van der Waals surface area contributed by atoms with Crippen molar-refractivity contribution in [1.82, 2.24) is 0 Å². The van der Waals surface area contributed by atoms with E-state index in [-0.39, 0.29) is 29.7 Å². The Morgan fingerprint density at radius 1 is 1.13 bits per heavy atom. The van der Waals surface area contributed by atoms with Crippen LogP contribution < -0.4 is 0 Å². The minimum absolute atomic E-state index is 0.00811. The van der Waals surface area contributed by atoms with Crippen LogP contribution in [0.1, 0.15) is 53.9 Å². The van der Waals surface area contributed by atoms with Crippen LogP contribution in [0.5, 0.6) is 0 Å². The van der Waals surface area contributed by atoms with Gasteiger partial charge in [0, 0.05) is 39.2 Å². The molecule has 1 fully saturated rings. The number of carbonyl (C=O) groups is 4. The fraction of sp³-hybridized carbons (Fsp3) is 0.619. The number of carbonyl (C=O) groups excluding carboxylic acids is 4. The number of hydrogen-bond donors (Lipinski definition) is 1. The smallest absolute Gasteiger partial charge is 0.343 e. The lowest BCUT2D eigenvalue weighted by atomic mass is 9.82. The zero-order valence-electron chi connectivity index (χ0n) is 18.1. The molecule has 0 aliphatic carbocycles. The Hall–Kier alpha value is -2.72. The fourth-order valence-corrected chi connectivity index (χ4v) is 4.26. The second-order valence-electron chi connectivity index (χ2n) is 8.40. The van der Waals surface area contributed by atoms with Gasteiger partial charge in [0.1, 0.15) is 18.5 Å². The lowest BCUT2D eigenvalue weighted by Crippen LogP contribution is -2.57. The number of aliphatic hydroxyl groups is 1. The Morgan fingerprint density at radius 2 is 1.81 bits per heavy atom. The fourth-order valence-electron chi connectivity index (χ4n) is 4.26. The average Bonchev–Trinajstić information content (AvgIpc) is 3.08. The first-order valence-electron chi connectivity index (χ1n) is 9.89. The number of rotatable bonds is 4. The summed E-state index contributed by atoms with van der Waals surface area (Å²) in [4.78, 5) is 47.7. The van der Waals surface area contributed by atoms with E-state index in [1.807, 2.05) is 0 Å². The molecule has 2 bridgehead atoms. The third kappa shape index (κ3) is 4.35. The number of esters is 4. The number of hydrogen-bond acceptors (Lipinski definition) is 10. The quantitative estimate of drug-likeness (QED) is 0.504. The van der Waals surface area contributed by atoms with E-state index >= 15 is 0 Å². The lowest BCUT2D eigenvalue weighted by Gasteiger charge is -2.42. The zero-order chi connectivity index (χ0) is 23.2. The summed E-state index contributed by atoms with van der Waals surface area (Å²) in [6.45, 7) is 6.33. The number of ether oxygens (including phenoxy) is 5. The van der Waals surface area contributed by atoms with Crippen molar-refractivity contribution in [2.24, 2.45) is 0 Å². The monoisotopic (exact) mass is 438 g/mol. The molecule has 10 heteroatoms. The molecule has 1 N–H and O–H groups in total. The second-order valence-corrected chi connectivity index (χ2v) is 8.40. The first-order valence-corrected chi connectivity index (χ1v) is 9.89. The van der Waals surface area contributed by atoms with Gasteiger partial charge in [0.15, 0.2) is 5.60 Å². The van der Waals surface area contributed by atoms with E-state index in [0.717, 1.165) is 0 Å². The van der Waals surface area contributed by atoms with Gasteiger partial charge in [-0.15, -0.1) is 0 Å². The van der Waals surface area contributed by atoms with E-state index in [4.69, 9.17) is 23.7 Å². The van der Waals surface area contributed by atoms with Gasteiger partial charge in [-0.05, 0) is 26.3 Å². The maximum absolute atomic E-state index is 12.6. The SMILES string of the molecule is CC(=O)OCC1=C2/C(=C\[C@]3(C)CC[C@@](O)(O3)[C@](C)(OC(C)=O)C[C@@H]2OC(C)=O)OC1=O. The molecule has 0 amide bonds. The topological polar surface area (TPSA) is 135 Å². The molecule has 1 saturated heterocycles. The average molecular weight is 438 g/mol. The largest absolute Gasteiger partial charge is 0.461 e. The van der Waals surface area contributed by atoms with E-state index in [0.29, 0.717) is 6.42 Å². The first kappa shape index (κ1) is 23.0. The first-order chi connectivity index (χ1) is 14.3. The molecule has 0 saturated carbocycles. The van der Waals surface area contributed by atoms with Crippen LogP contribution in [0.4, 0.5) is 0 Å². The third-order valence-corrected chi connectivity index (χ3v) is 5.66. The molecular weight excluding hydrogens is 412 g/mol. The maximum atomic E-state index is 12.6. The molecule has 0 unspecified atom stereocenters. The van der Waals surface area contributed by atoms with Gasteiger partial charge in [-0.1, -0.05) is 0 Å². The van der Waals surface area contributed by atoms with Crippen LogP contribution in [-0.4, -0.2) is 58.7 Å². The summed E-state index contributed by atoms with van der Waals surface area (Å²) >= 11 is 0. The van der Waals surface area contributed by atoms with E-state index in [1.165, 1.54) is 33.8 Å². The molecule has 31 heavy (non-hydrogen) atoms. The summed E-state index contributed by atoms with van der Waals surface area (Å²) in [5.41, 5.74) is -2.53. The van der Waals surface area contributed by atoms with Crippen molar-refractivity contribution in [1.29, 1.82) is 0 Å². The molecule has 0 spiro atoms. The maximum Gasteiger partial charge on any atom is 0.343 e. The van der Waals surface area contributed by atoms with E-state index in [2.05, 4.69) is 0 Å². The van der Waals surface area contributed by atoms with Gasteiger partial charge < -0.3 is 28.8 Å². The van der Waals surface area contributed by atoms with E-state index < -0.39 is 53.6 Å². The molecule has 3 aliphatic rings. The molecule has 3 aliphatic heterocycles. The summed E-state index contributed by atoms with van der Waals surface area (Å²) in [6, 6.07) is 0. The molecule has 10 nitrogen and oxygen atoms in total. The molecular formula is C21H26O10. The van der Waals surface area contributed by atoms with Crippen molar-refractivity contribution in [3.63, 3.8) is 0 Å². The number of fused-ring (bicyclic) bond motifs is 3. The third-order valence-electron chi connectivity index (χ3n) is 5.66. The van der Waals surface area contributed by atoms with Crippen molar-refractivity contribution in [3.05, 3.63) is 23.0 Å². The highest BCUT2D eigenvalue weighted by atomic mass is 16.7. The van der Waals surface area contributed by atoms with Crippen molar-refractivity contribution in [2.75, 3.05) is 6.61 Å². The van der Waals surface area contributed by atoms with E-state index in [9.17, 15) is 24.3 Å². The van der Waals surface area contributed by atoms with Crippen LogP contribution in [0.15, 0.2) is 23.0 Å². The summed E-state index contributed by atoms with van der Waals surface area (Å²) in [5.74, 6) is -4.52. The Bertz CT molecular complexity index is 902. The van der Waals surface area contributed by atoms with Crippen molar-refractivity contribution in [3.8, 4) is 0 Å². The van der Waals surface area contributed by atoms with Crippen molar-refractivity contribution in [2.45, 2.75) is 77.0 Å². The molecule has 0 aromatic rings. The van der Waals surface area contributed by atoms with Crippen LogP contribution >= 0.6 is 0 Å². The molecule has 170 valence electrons. The van der Waals surface area contributed by atoms with Crippen molar-refractivity contribution >= 4 is 23.9 Å². The highest BCUT2D eigenvalue weighted by Crippen LogP contribution is 2.50. The predicted molar refractivity (Wildman–Crippen MR) is 102 cm³/mol. The van der Waals surface area contributed by atoms with Gasteiger partial charge in [0.2, 0.25) is 5.79 Å².